The van der Waals surface area contributed by atoms with Crippen LogP contribution in [0.3, 0.4) is 0 Å². The topological polar surface area (TPSA) is 32.3 Å². The number of hydrogen-bond donors (Lipinski definition) is 1. The van der Waals surface area contributed by atoms with Crippen LogP contribution in [0.25, 0.3) is 0 Å². The lowest BCUT2D eigenvalue weighted by molar-refractivity contribution is -0.135. The minimum absolute atomic E-state index is 0.176. The van der Waals surface area contributed by atoms with Crippen molar-refractivity contribution in [3.05, 3.63) is 34.9 Å². The van der Waals surface area contributed by atoms with Crippen LogP contribution in [0.4, 0.5) is 0 Å². The average Bonchev–Trinajstić information content (AvgIpc) is 2.39. The first kappa shape index (κ1) is 13.4. The predicted molar refractivity (Wildman–Crippen MR) is 73.5 cm³/mol. The second kappa shape index (κ2) is 6.21. The molecule has 1 heterocycles. The zero-order valence-corrected chi connectivity index (χ0v) is 11.4. The quantitative estimate of drug-likeness (QED) is 0.911. The zero-order valence-electron chi connectivity index (χ0n) is 10.7. The molecule has 18 heavy (non-hydrogen) atoms. The van der Waals surface area contributed by atoms with Crippen LogP contribution in [-0.4, -0.2) is 30.9 Å². The van der Waals surface area contributed by atoms with Crippen LogP contribution in [0, 0.1) is 5.92 Å². The Morgan fingerprint density at radius 2 is 2.17 bits per heavy atom. The van der Waals surface area contributed by atoms with Gasteiger partial charge in [0.05, 0.1) is 0 Å². The summed E-state index contributed by atoms with van der Waals surface area (Å²) in [5.41, 5.74) is 1.08. The number of halogens is 1. The van der Waals surface area contributed by atoms with Crippen molar-refractivity contribution in [2.24, 2.45) is 5.92 Å². The van der Waals surface area contributed by atoms with Gasteiger partial charge in [0.25, 0.3) is 0 Å². The second-order valence-corrected chi connectivity index (χ2v) is 5.28. The van der Waals surface area contributed by atoms with E-state index in [1.165, 1.54) is 0 Å². The number of hydrogen-bond acceptors (Lipinski definition) is 2. The highest BCUT2D eigenvalue weighted by atomic mass is 35.5. The van der Waals surface area contributed by atoms with E-state index in [0.717, 1.165) is 36.5 Å². The lowest BCUT2D eigenvalue weighted by Gasteiger charge is -2.27. The summed E-state index contributed by atoms with van der Waals surface area (Å²) in [7, 11) is 1.87. The summed E-state index contributed by atoms with van der Waals surface area (Å²) in [6.07, 6.45) is 1.89. The molecule has 1 amide bonds. The first-order valence-electron chi connectivity index (χ1n) is 6.37. The van der Waals surface area contributed by atoms with Gasteiger partial charge >= 0.3 is 0 Å². The van der Waals surface area contributed by atoms with Crippen molar-refractivity contribution >= 4 is 17.5 Å². The van der Waals surface area contributed by atoms with Gasteiger partial charge in [0.1, 0.15) is 0 Å². The van der Waals surface area contributed by atoms with Gasteiger partial charge in [-0.2, -0.15) is 0 Å². The van der Waals surface area contributed by atoms with Gasteiger partial charge in [0.2, 0.25) is 5.91 Å². The van der Waals surface area contributed by atoms with E-state index in [-0.39, 0.29) is 11.8 Å². The van der Waals surface area contributed by atoms with E-state index in [0.29, 0.717) is 6.54 Å². The summed E-state index contributed by atoms with van der Waals surface area (Å²) in [6, 6.07) is 7.67. The summed E-state index contributed by atoms with van der Waals surface area (Å²) in [5.74, 6) is 0.423. The van der Waals surface area contributed by atoms with Gasteiger partial charge in [0.15, 0.2) is 0 Å². The summed E-state index contributed by atoms with van der Waals surface area (Å²) in [4.78, 5) is 14.1. The molecule has 2 rings (SSSR count). The molecule has 1 N–H and O–H groups in total. The molecule has 1 fully saturated rings. The van der Waals surface area contributed by atoms with Crippen molar-refractivity contribution in [1.82, 2.24) is 10.2 Å². The third-order valence-corrected chi connectivity index (χ3v) is 3.61. The van der Waals surface area contributed by atoms with Crippen LogP contribution < -0.4 is 5.32 Å². The highest BCUT2D eigenvalue weighted by Crippen LogP contribution is 2.17. The van der Waals surface area contributed by atoms with Crippen LogP contribution in [0.1, 0.15) is 18.4 Å². The normalized spacial score (nSPS) is 16.6. The van der Waals surface area contributed by atoms with Crippen molar-refractivity contribution in [3.8, 4) is 0 Å². The van der Waals surface area contributed by atoms with Crippen LogP contribution in [0.15, 0.2) is 24.3 Å². The third-order valence-electron chi connectivity index (χ3n) is 3.37. The Balaban J connectivity index is 1.94. The van der Waals surface area contributed by atoms with Crippen LogP contribution in [0.5, 0.6) is 0 Å². The summed E-state index contributed by atoms with van der Waals surface area (Å²) in [6.45, 7) is 2.52. The molecule has 0 aliphatic carbocycles. The van der Waals surface area contributed by atoms with Crippen molar-refractivity contribution in [1.29, 1.82) is 0 Å². The molecule has 1 aliphatic heterocycles. The second-order valence-electron chi connectivity index (χ2n) is 4.85. The molecule has 4 heteroatoms. The highest BCUT2D eigenvalue weighted by Gasteiger charge is 2.23. The van der Waals surface area contributed by atoms with E-state index in [2.05, 4.69) is 5.32 Å². The lowest BCUT2D eigenvalue weighted by atomic mass is 9.96. The largest absolute Gasteiger partial charge is 0.341 e. The number of nitrogens with zero attached hydrogens (tertiary/aromatic N) is 1. The van der Waals surface area contributed by atoms with Crippen LogP contribution in [0.2, 0.25) is 5.02 Å². The van der Waals surface area contributed by atoms with Gasteiger partial charge in [-0.05, 0) is 43.6 Å². The summed E-state index contributed by atoms with van der Waals surface area (Å²) >= 11 is 5.94. The Bertz CT molecular complexity index is 416. The number of piperidine rings is 1. The van der Waals surface area contributed by atoms with Gasteiger partial charge in [0, 0.05) is 24.5 Å². The molecule has 1 aromatic carbocycles. The molecule has 0 atom stereocenters. The number of carbonyl (C=O) groups is 1. The average molecular weight is 267 g/mol. The number of carbonyl (C=O) groups excluding carboxylic acids is 1. The Morgan fingerprint density at radius 1 is 1.44 bits per heavy atom. The molecular weight excluding hydrogens is 248 g/mol. The van der Waals surface area contributed by atoms with Crippen molar-refractivity contribution in [2.45, 2.75) is 19.4 Å². The molecule has 1 aromatic rings. The molecule has 98 valence electrons. The standard InChI is InChI=1S/C14H19ClN2O/c1-17(10-11-3-2-4-13(15)9-11)14(18)12-5-7-16-8-6-12/h2-4,9,12,16H,5-8,10H2,1H3. The van der Waals surface area contributed by atoms with E-state index < -0.39 is 0 Å². The van der Waals surface area contributed by atoms with Crippen molar-refractivity contribution in [3.63, 3.8) is 0 Å². The van der Waals surface area contributed by atoms with Crippen LogP contribution in [-0.2, 0) is 11.3 Å². The summed E-state index contributed by atoms with van der Waals surface area (Å²) in [5, 5.41) is 4.00. The first-order chi connectivity index (χ1) is 8.66. The maximum atomic E-state index is 12.3. The van der Waals surface area contributed by atoms with Crippen molar-refractivity contribution < 1.29 is 4.79 Å². The molecule has 3 nitrogen and oxygen atoms in total. The Labute approximate surface area is 113 Å². The Kier molecular flexibility index (Phi) is 4.61. The fourth-order valence-electron chi connectivity index (χ4n) is 2.37. The molecular formula is C14H19ClN2O. The van der Waals surface area contributed by atoms with E-state index in [1.807, 2.05) is 36.2 Å². The summed E-state index contributed by atoms with van der Waals surface area (Å²) < 4.78 is 0. The maximum absolute atomic E-state index is 12.3. The van der Waals surface area contributed by atoms with Gasteiger partial charge in [-0.3, -0.25) is 4.79 Å². The minimum atomic E-state index is 0.176. The smallest absolute Gasteiger partial charge is 0.225 e. The van der Waals surface area contributed by atoms with E-state index >= 15 is 0 Å². The predicted octanol–water partition coefficient (Wildman–Crippen LogP) is 2.30. The SMILES string of the molecule is CN(Cc1cccc(Cl)c1)C(=O)C1CCNCC1. The monoisotopic (exact) mass is 266 g/mol. The first-order valence-corrected chi connectivity index (χ1v) is 6.75. The molecule has 0 aromatic heterocycles. The molecule has 1 saturated heterocycles. The van der Waals surface area contributed by atoms with Gasteiger partial charge < -0.3 is 10.2 Å². The molecule has 0 unspecified atom stereocenters. The third kappa shape index (κ3) is 3.47. The molecule has 0 radical (unpaired) electrons. The van der Waals surface area contributed by atoms with E-state index in [1.54, 1.807) is 0 Å². The minimum Gasteiger partial charge on any atom is -0.341 e. The lowest BCUT2D eigenvalue weighted by Crippen LogP contribution is -2.38. The molecule has 0 bridgehead atoms. The Hall–Kier alpha value is -1.06. The fourth-order valence-corrected chi connectivity index (χ4v) is 2.58. The Morgan fingerprint density at radius 3 is 2.83 bits per heavy atom. The highest BCUT2D eigenvalue weighted by molar-refractivity contribution is 6.30. The molecule has 1 aliphatic rings. The van der Waals surface area contributed by atoms with E-state index in [4.69, 9.17) is 11.6 Å². The van der Waals surface area contributed by atoms with Crippen molar-refractivity contribution in [2.75, 3.05) is 20.1 Å². The van der Waals surface area contributed by atoms with Gasteiger partial charge in [-0.25, -0.2) is 0 Å². The van der Waals surface area contributed by atoms with Crippen LogP contribution >= 0.6 is 11.6 Å². The molecule has 0 spiro atoms. The number of rotatable bonds is 3. The maximum Gasteiger partial charge on any atom is 0.225 e. The number of benzene rings is 1. The fraction of sp³-hybridized carbons (Fsp3) is 0.500. The van der Waals surface area contributed by atoms with E-state index in [9.17, 15) is 4.79 Å². The number of amides is 1. The number of nitrogens with one attached hydrogen (secondary N) is 1. The molecule has 0 saturated carbocycles. The van der Waals surface area contributed by atoms with Gasteiger partial charge in [-0.1, -0.05) is 23.7 Å². The van der Waals surface area contributed by atoms with Gasteiger partial charge in [-0.15, -0.1) is 0 Å². The zero-order chi connectivity index (χ0) is 13.0.